The number of para-hydroxylation sites is 1. The SMILES string of the molecule is CN(CC(=O)NC(Cc1c[nH]c2ccccc12)C(=O)O)S(C)(=O)=O. The van der Waals surface area contributed by atoms with Gasteiger partial charge >= 0.3 is 5.97 Å². The first-order valence-electron chi connectivity index (χ1n) is 7.17. The maximum atomic E-state index is 11.9. The van der Waals surface area contributed by atoms with Crippen molar-refractivity contribution in [2.45, 2.75) is 12.5 Å². The van der Waals surface area contributed by atoms with Gasteiger partial charge < -0.3 is 15.4 Å². The summed E-state index contributed by atoms with van der Waals surface area (Å²) in [5.41, 5.74) is 1.63. The zero-order valence-corrected chi connectivity index (χ0v) is 14.1. The van der Waals surface area contributed by atoms with Crippen molar-refractivity contribution >= 4 is 32.8 Å². The minimum Gasteiger partial charge on any atom is -0.480 e. The number of benzene rings is 1. The van der Waals surface area contributed by atoms with E-state index in [2.05, 4.69) is 10.3 Å². The molecule has 1 amide bonds. The van der Waals surface area contributed by atoms with E-state index in [4.69, 9.17) is 0 Å². The molecule has 2 aromatic rings. The molecular weight excluding hydrogens is 334 g/mol. The molecule has 1 atom stereocenters. The maximum Gasteiger partial charge on any atom is 0.326 e. The number of aliphatic carboxylic acids is 1. The van der Waals surface area contributed by atoms with Crippen molar-refractivity contribution in [1.29, 1.82) is 0 Å². The lowest BCUT2D eigenvalue weighted by molar-refractivity contribution is -0.141. The van der Waals surface area contributed by atoms with E-state index in [1.165, 1.54) is 7.05 Å². The van der Waals surface area contributed by atoms with Gasteiger partial charge in [-0.05, 0) is 11.6 Å². The number of H-pyrrole nitrogens is 1. The fourth-order valence-electron chi connectivity index (χ4n) is 2.28. The van der Waals surface area contributed by atoms with Crippen molar-refractivity contribution in [2.24, 2.45) is 0 Å². The lowest BCUT2D eigenvalue weighted by atomic mass is 10.1. The highest BCUT2D eigenvalue weighted by Gasteiger charge is 2.23. The van der Waals surface area contributed by atoms with E-state index in [-0.39, 0.29) is 6.42 Å². The Morgan fingerprint density at radius 2 is 2.00 bits per heavy atom. The van der Waals surface area contributed by atoms with Gasteiger partial charge in [0.25, 0.3) is 0 Å². The lowest BCUT2D eigenvalue weighted by Crippen LogP contribution is -2.46. The van der Waals surface area contributed by atoms with E-state index in [1.54, 1.807) is 6.20 Å². The van der Waals surface area contributed by atoms with Crippen LogP contribution in [0.4, 0.5) is 0 Å². The van der Waals surface area contributed by atoms with E-state index >= 15 is 0 Å². The fraction of sp³-hybridized carbons (Fsp3) is 0.333. The summed E-state index contributed by atoms with van der Waals surface area (Å²) < 4.78 is 23.5. The van der Waals surface area contributed by atoms with Gasteiger partial charge in [0.2, 0.25) is 15.9 Å². The van der Waals surface area contributed by atoms with Crippen LogP contribution in [-0.2, 0) is 26.0 Å². The molecule has 1 aromatic heterocycles. The van der Waals surface area contributed by atoms with Crippen LogP contribution in [-0.4, -0.2) is 60.6 Å². The van der Waals surface area contributed by atoms with Gasteiger partial charge in [-0.25, -0.2) is 13.2 Å². The molecule has 3 N–H and O–H groups in total. The van der Waals surface area contributed by atoms with Gasteiger partial charge in [0.15, 0.2) is 0 Å². The normalized spacial score (nSPS) is 13.1. The Kier molecular flexibility index (Phi) is 5.25. The van der Waals surface area contributed by atoms with Gasteiger partial charge in [0.05, 0.1) is 12.8 Å². The number of hydrogen-bond acceptors (Lipinski definition) is 4. The highest BCUT2D eigenvalue weighted by Crippen LogP contribution is 2.19. The number of fused-ring (bicyclic) bond motifs is 1. The van der Waals surface area contributed by atoms with Crippen LogP contribution in [0.1, 0.15) is 5.56 Å². The van der Waals surface area contributed by atoms with Crippen LogP contribution < -0.4 is 5.32 Å². The van der Waals surface area contributed by atoms with Crippen molar-refractivity contribution in [3.63, 3.8) is 0 Å². The number of amides is 1. The summed E-state index contributed by atoms with van der Waals surface area (Å²) in [5.74, 6) is -1.86. The summed E-state index contributed by atoms with van der Waals surface area (Å²) in [6, 6.07) is 6.28. The smallest absolute Gasteiger partial charge is 0.326 e. The average Bonchev–Trinajstić information content (AvgIpc) is 2.88. The monoisotopic (exact) mass is 353 g/mol. The number of nitrogens with zero attached hydrogens (tertiary/aromatic N) is 1. The molecule has 9 heteroatoms. The minimum absolute atomic E-state index is 0.0909. The van der Waals surface area contributed by atoms with Crippen molar-refractivity contribution in [3.05, 3.63) is 36.0 Å². The van der Waals surface area contributed by atoms with Gasteiger partial charge in [-0.1, -0.05) is 18.2 Å². The standard InChI is InChI=1S/C15H19N3O5S/c1-18(24(2,22)23)9-14(19)17-13(15(20)21)7-10-8-16-12-6-4-3-5-11(10)12/h3-6,8,13,16H,7,9H2,1-2H3,(H,17,19)(H,20,21). The van der Waals surface area contributed by atoms with Gasteiger partial charge in [0.1, 0.15) is 6.04 Å². The average molecular weight is 353 g/mol. The molecule has 0 saturated heterocycles. The fourth-order valence-corrected chi connectivity index (χ4v) is 2.63. The van der Waals surface area contributed by atoms with Crippen molar-refractivity contribution in [3.8, 4) is 0 Å². The number of carbonyl (C=O) groups is 2. The van der Waals surface area contributed by atoms with Crippen LogP contribution in [0, 0.1) is 0 Å². The summed E-state index contributed by atoms with van der Waals surface area (Å²) in [7, 11) is -2.26. The molecule has 0 fully saturated rings. The molecule has 0 aliphatic heterocycles. The van der Waals surface area contributed by atoms with Gasteiger partial charge in [-0.15, -0.1) is 0 Å². The first-order chi connectivity index (χ1) is 11.2. The molecule has 1 heterocycles. The number of aromatic amines is 1. The number of carbonyl (C=O) groups excluding carboxylic acids is 1. The van der Waals surface area contributed by atoms with E-state index in [1.807, 2.05) is 24.3 Å². The summed E-state index contributed by atoms with van der Waals surface area (Å²) in [6.07, 6.45) is 2.77. The Balaban J connectivity index is 2.10. The molecule has 0 saturated carbocycles. The summed E-state index contributed by atoms with van der Waals surface area (Å²) >= 11 is 0. The van der Waals surface area contributed by atoms with E-state index in [0.717, 1.165) is 27.0 Å². The van der Waals surface area contributed by atoms with Crippen LogP contribution in [0.25, 0.3) is 10.9 Å². The highest BCUT2D eigenvalue weighted by molar-refractivity contribution is 7.88. The third-order valence-corrected chi connectivity index (χ3v) is 4.93. The van der Waals surface area contributed by atoms with Gasteiger partial charge in [0, 0.05) is 30.6 Å². The van der Waals surface area contributed by atoms with E-state index < -0.39 is 34.5 Å². The predicted octanol–water partition coefficient (Wildman–Crippen LogP) is 0.171. The number of carboxylic acids is 1. The molecule has 0 radical (unpaired) electrons. The second-order valence-electron chi connectivity index (χ2n) is 5.54. The second-order valence-corrected chi connectivity index (χ2v) is 7.63. The number of sulfonamides is 1. The first kappa shape index (κ1) is 18.0. The number of likely N-dealkylation sites (N-methyl/N-ethyl adjacent to an activating group) is 1. The lowest BCUT2D eigenvalue weighted by Gasteiger charge is -2.17. The topological polar surface area (TPSA) is 120 Å². The van der Waals surface area contributed by atoms with Crippen molar-refractivity contribution < 1.29 is 23.1 Å². The van der Waals surface area contributed by atoms with E-state index in [0.29, 0.717) is 0 Å². The molecule has 24 heavy (non-hydrogen) atoms. The van der Waals surface area contributed by atoms with Crippen LogP contribution >= 0.6 is 0 Å². The Bertz CT molecular complexity index is 859. The Morgan fingerprint density at radius 3 is 2.62 bits per heavy atom. The molecule has 0 aliphatic rings. The third kappa shape index (κ3) is 4.33. The number of carboxylic acid groups (broad SMARTS) is 1. The van der Waals surface area contributed by atoms with Gasteiger partial charge in [-0.3, -0.25) is 4.79 Å². The summed E-state index contributed by atoms with van der Waals surface area (Å²) in [5, 5.41) is 12.6. The molecule has 8 nitrogen and oxygen atoms in total. The molecule has 1 unspecified atom stereocenters. The summed E-state index contributed by atoms with van der Waals surface area (Å²) in [6.45, 7) is -0.434. The Labute approximate surface area is 139 Å². The third-order valence-electron chi connectivity index (χ3n) is 3.66. The molecule has 2 rings (SSSR count). The second kappa shape index (κ2) is 7.02. The summed E-state index contributed by atoms with van der Waals surface area (Å²) in [4.78, 5) is 26.4. The zero-order chi connectivity index (χ0) is 17.9. The first-order valence-corrected chi connectivity index (χ1v) is 9.02. The van der Waals surface area contributed by atoms with Crippen LogP contribution in [0.3, 0.4) is 0 Å². The van der Waals surface area contributed by atoms with Crippen LogP contribution in [0.2, 0.25) is 0 Å². The van der Waals surface area contributed by atoms with E-state index in [9.17, 15) is 23.1 Å². The van der Waals surface area contributed by atoms with Crippen LogP contribution in [0.15, 0.2) is 30.5 Å². The largest absolute Gasteiger partial charge is 0.480 e. The molecular formula is C15H19N3O5S. The van der Waals surface area contributed by atoms with Crippen LogP contribution in [0.5, 0.6) is 0 Å². The van der Waals surface area contributed by atoms with Crippen molar-refractivity contribution in [1.82, 2.24) is 14.6 Å². The molecule has 0 aliphatic carbocycles. The minimum atomic E-state index is -3.51. The molecule has 0 spiro atoms. The molecule has 0 bridgehead atoms. The number of rotatable bonds is 7. The maximum absolute atomic E-state index is 11.9. The van der Waals surface area contributed by atoms with Crippen molar-refractivity contribution in [2.75, 3.05) is 19.8 Å². The highest BCUT2D eigenvalue weighted by atomic mass is 32.2. The molecule has 1 aromatic carbocycles. The number of aromatic nitrogens is 1. The predicted molar refractivity (Wildman–Crippen MR) is 89.0 cm³/mol. The number of nitrogens with one attached hydrogen (secondary N) is 2. The quantitative estimate of drug-likeness (QED) is 0.655. The number of hydrogen-bond donors (Lipinski definition) is 3. The zero-order valence-electron chi connectivity index (χ0n) is 13.3. The Hall–Kier alpha value is -2.39. The van der Waals surface area contributed by atoms with Gasteiger partial charge in [-0.2, -0.15) is 4.31 Å². The Morgan fingerprint density at radius 1 is 1.33 bits per heavy atom. The molecule has 130 valence electrons.